The summed E-state index contributed by atoms with van der Waals surface area (Å²) in [5, 5.41) is 11.3. The maximum absolute atomic E-state index is 14.9. The van der Waals surface area contributed by atoms with Gasteiger partial charge in [0.15, 0.2) is 5.78 Å². The third-order valence-electron chi connectivity index (χ3n) is 14.5. The van der Waals surface area contributed by atoms with Crippen molar-refractivity contribution in [2.45, 2.75) is 112 Å². The van der Waals surface area contributed by atoms with Crippen LogP contribution >= 0.6 is 0 Å². The van der Waals surface area contributed by atoms with Gasteiger partial charge >= 0.3 is 6.18 Å². The van der Waals surface area contributed by atoms with Gasteiger partial charge in [0.25, 0.3) is 20.0 Å². The van der Waals surface area contributed by atoms with Gasteiger partial charge in [-0.25, -0.2) is 16.8 Å². The number of carbonyl (C=O) groups is 1. The fraction of sp³-hybridized carbons (Fsp3) is 0.500. The third kappa shape index (κ3) is 9.68. The number of Topliss-reactive ketones (excluding diaryl/α,β-unsaturated/α-hetero) is 1. The van der Waals surface area contributed by atoms with E-state index in [9.17, 15) is 39.9 Å². The van der Waals surface area contributed by atoms with Gasteiger partial charge in [-0.3, -0.25) is 13.4 Å². The van der Waals surface area contributed by atoms with Gasteiger partial charge in [-0.1, -0.05) is 38.1 Å². The van der Waals surface area contributed by atoms with E-state index >= 15 is 0 Å². The second kappa shape index (κ2) is 19.0. The van der Waals surface area contributed by atoms with Crippen molar-refractivity contribution in [2.24, 2.45) is 23.7 Å². The van der Waals surface area contributed by atoms with Crippen LogP contribution in [0, 0.1) is 23.7 Å². The Bertz CT molecular complexity index is 2650. The lowest BCUT2D eigenvalue weighted by Crippen LogP contribution is -2.53. The zero-order valence-corrected chi connectivity index (χ0v) is 39.2. The van der Waals surface area contributed by atoms with Crippen LogP contribution in [0.4, 0.5) is 24.5 Å². The smallest absolute Gasteiger partial charge is 0.407 e. The lowest BCUT2D eigenvalue weighted by Gasteiger charge is -2.50. The molecule has 4 heterocycles. The molecule has 4 aromatic carbocycles. The summed E-state index contributed by atoms with van der Waals surface area (Å²) in [7, 11) is -8.92. The molecule has 0 bridgehead atoms. The fourth-order valence-corrected chi connectivity index (χ4v) is 13.8. The summed E-state index contributed by atoms with van der Waals surface area (Å²) in [5.41, 5.74) is 2.69. The van der Waals surface area contributed by atoms with E-state index in [1.54, 1.807) is 30.3 Å². The minimum absolute atomic E-state index is 0.0161. The van der Waals surface area contributed by atoms with E-state index in [1.807, 2.05) is 38.1 Å². The molecule has 0 amide bonds. The van der Waals surface area contributed by atoms with Gasteiger partial charge in [0.2, 0.25) is 0 Å². The summed E-state index contributed by atoms with van der Waals surface area (Å²) >= 11 is 0. The van der Waals surface area contributed by atoms with Crippen molar-refractivity contribution < 1.29 is 58.9 Å². The van der Waals surface area contributed by atoms with Crippen LogP contribution in [0.1, 0.15) is 91.9 Å². The highest BCUT2D eigenvalue weighted by Gasteiger charge is 2.49. The third-order valence-corrected chi connectivity index (χ3v) is 18.1. The number of ketones is 1. The number of halogens is 3. The molecular weight excluding hydrogens is 910 g/mol. The lowest BCUT2D eigenvalue weighted by molar-refractivity contribution is -0.117. The highest BCUT2D eigenvalue weighted by molar-refractivity contribution is 7.93. The SMILES string of the molecule is CCc1ccc(N(CC(F)(F)F)S(=O)(=O)c2ccc3c(c2)C(=O)CC(C2CCOCC2C2CC(N(c4ccc(CC)cc4)S(=O)(=O)c4ccc5c(c4)C(O)CC(C4CCOCC4)O5)C2)O3)cc1. The molecule has 1 N–H and O–H groups in total. The standard InChI is InChI=1S/C50H57F3N2O10S2/c1-3-31-5-9-35(10-6-31)54(30-50(51,52)53)66(58,59)38-13-15-47-41(25-38)45(57)28-49(65-47)40-19-22-63-29-43(40)34-23-37(24-34)55(36-11-7-32(4-2)8-12-36)67(60,61)39-14-16-46-42(26-39)44(56)27-48(64-46)33-17-20-62-21-18-33/h5-16,25-26,33-34,37,40,43-44,48-49,56H,3-4,17-24,27-30H2,1-2H3. The Morgan fingerprint density at radius 1 is 0.672 bits per heavy atom. The Morgan fingerprint density at radius 3 is 1.91 bits per heavy atom. The molecule has 4 aliphatic heterocycles. The second-order valence-corrected chi connectivity index (χ2v) is 22.2. The molecule has 0 aromatic heterocycles. The fourth-order valence-electron chi connectivity index (χ4n) is 10.7. The molecule has 67 heavy (non-hydrogen) atoms. The number of nitrogens with zero attached hydrogens (tertiary/aromatic N) is 2. The van der Waals surface area contributed by atoms with Crippen molar-refractivity contribution in [3.05, 3.63) is 107 Å². The molecule has 3 fully saturated rings. The van der Waals surface area contributed by atoms with Crippen molar-refractivity contribution >= 4 is 37.2 Å². The zero-order valence-electron chi connectivity index (χ0n) is 37.6. The van der Waals surface area contributed by atoms with Crippen LogP contribution in [0.3, 0.4) is 0 Å². The van der Waals surface area contributed by atoms with Crippen LogP contribution in [0.15, 0.2) is 94.7 Å². The minimum atomic E-state index is -4.85. The molecule has 5 aliphatic rings. The molecule has 1 saturated carbocycles. The number of ether oxygens (including phenoxy) is 4. The Labute approximate surface area is 390 Å². The molecule has 2 saturated heterocycles. The van der Waals surface area contributed by atoms with E-state index in [2.05, 4.69) is 0 Å². The van der Waals surface area contributed by atoms with Crippen LogP contribution in [-0.2, 0) is 42.4 Å². The number of hydrogen-bond donors (Lipinski definition) is 1. The first-order chi connectivity index (χ1) is 32.0. The number of aliphatic hydroxyl groups is 1. The Balaban J connectivity index is 0.930. The second-order valence-electron chi connectivity index (χ2n) is 18.5. The lowest BCUT2D eigenvalue weighted by atomic mass is 9.65. The van der Waals surface area contributed by atoms with Gasteiger partial charge < -0.3 is 24.1 Å². The monoisotopic (exact) mass is 966 g/mol. The maximum atomic E-state index is 14.9. The number of rotatable bonds is 13. The van der Waals surface area contributed by atoms with Crippen molar-refractivity contribution in [3.63, 3.8) is 0 Å². The maximum Gasteiger partial charge on any atom is 0.407 e. The van der Waals surface area contributed by atoms with Gasteiger partial charge in [-0.15, -0.1) is 0 Å². The molecule has 1 aliphatic carbocycles. The summed E-state index contributed by atoms with van der Waals surface area (Å²) in [4.78, 5) is 13.5. The molecular formula is C50H57F3N2O10S2. The number of sulfonamides is 2. The molecule has 5 unspecified atom stereocenters. The van der Waals surface area contributed by atoms with Gasteiger partial charge in [-0.2, -0.15) is 13.2 Å². The Morgan fingerprint density at radius 2 is 1.27 bits per heavy atom. The first-order valence-corrected chi connectivity index (χ1v) is 26.2. The molecule has 4 aromatic rings. The first-order valence-electron chi connectivity index (χ1n) is 23.3. The average Bonchev–Trinajstić information content (AvgIpc) is 3.31. The van der Waals surface area contributed by atoms with Crippen LogP contribution in [0.25, 0.3) is 0 Å². The minimum Gasteiger partial charge on any atom is -0.490 e. The molecule has 360 valence electrons. The summed E-state index contributed by atoms with van der Waals surface area (Å²) in [5.74, 6) is 0.257. The Hall–Kier alpha value is -4.68. The molecule has 0 spiro atoms. The summed E-state index contributed by atoms with van der Waals surface area (Å²) in [6.07, 6.45) is -1.56. The number of fused-ring (bicyclic) bond motifs is 2. The van der Waals surface area contributed by atoms with Crippen molar-refractivity contribution in [1.82, 2.24) is 0 Å². The molecule has 0 radical (unpaired) electrons. The van der Waals surface area contributed by atoms with Gasteiger partial charge in [-0.05, 0) is 129 Å². The van der Waals surface area contributed by atoms with E-state index in [1.165, 1.54) is 28.6 Å². The number of alkyl halides is 3. The predicted molar refractivity (Wildman–Crippen MR) is 245 cm³/mol. The number of benzene rings is 4. The van der Waals surface area contributed by atoms with Crippen molar-refractivity contribution in [3.8, 4) is 11.5 Å². The van der Waals surface area contributed by atoms with E-state index in [-0.39, 0.29) is 63.9 Å². The molecule has 12 nitrogen and oxygen atoms in total. The summed E-state index contributed by atoms with van der Waals surface area (Å²) in [6, 6.07) is 21.3. The largest absolute Gasteiger partial charge is 0.490 e. The number of hydrogen-bond acceptors (Lipinski definition) is 10. The molecule has 5 atom stereocenters. The summed E-state index contributed by atoms with van der Waals surface area (Å²) in [6.45, 7) is 4.25. The van der Waals surface area contributed by atoms with Crippen molar-refractivity contribution in [2.75, 3.05) is 41.6 Å². The first kappa shape index (κ1) is 47.4. The van der Waals surface area contributed by atoms with Crippen LogP contribution in [0.2, 0.25) is 0 Å². The summed E-state index contributed by atoms with van der Waals surface area (Å²) < 4.78 is 125. The van der Waals surface area contributed by atoms with E-state index in [0.29, 0.717) is 79.8 Å². The topological polar surface area (TPSA) is 149 Å². The predicted octanol–water partition coefficient (Wildman–Crippen LogP) is 8.84. The van der Waals surface area contributed by atoms with Crippen LogP contribution in [0.5, 0.6) is 11.5 Å². The van der Waals surface area contributed by atoms with E-state index in [4.69, 9.17) is 18.9 Å². The Kier molecular flexibility index (Phi) is 13.4. The van der Waals surface area contributed by atoms with Gasteiger partial charge in [0.05, 0.1) is 39.4 Å². The molecule has 17 heteroatoms. The van der Waals surface area contributed by atoms with Crippen LogP contribution < -0.4 is 18.1 Å². The van der Waals surface area contributed by atoms with Gasteiger partial charge in [0.1, 0.15) is 30.3 Å². The quantitative estimate of drug-likeness (QED) is 0.138. The number of carbonyl (C=O) groups excluding carboxylic acids is 1. The highest BCUT2D eigenvalue weighted by Crippen LogP contribution is 2.49. The number of aliphatic hydroxyl groups excluding tert-OH is 1. The number of anilines is 2. The highest BCUT2D eigenvalue weighted by atomic mass is 32.2. The van der Waals surface area contributed by atoms with Crippen molar-refractivity contribution in [1.29, 1.82) is 0 Å². The van der Waals surface area contributed by atoms with Gasteiger partial charge in [0, 0.05) is 56.1 Å². The molecule has 9 rings (SSSR count). The van der Waals surface area contributed by atoms with E-state index < -0.39 is 55.9 Å². The average molecular weight is 967 g/mol. The normalized spacial score (nSPS) is 25.8. The number of aryl methyl sites for hydroxylation is 2. The van der Waals surface area contributed by atoms with Crippen LogP contribution in [-0.4, -0.2) is 85.1 Å². The zero-order chi connectivity index (χ0) is 47.3. The van der Waals surface area contributed by atoms with E-state index in [0.717, 1.165) is 36.5 Å².